The van der Waals surface area contributed by atoms with E-state index in [9.17, 15) is 4.79 Å². The van der Waals surface area contributed by atoms with Gasteiger partial charge < -0.3 is 5.32 Å². The molecule has 0 aliphatic carbocycles. The maximum absolute atomic E-state index is 11.6. The monoisotopic (exact) mass is 351 g/mol. The van der Waals surface area contributed by atoms with Crippen LogP contribution in [0.3, 0.4) is 0 Å². The predicted molar refractivity (Wildman–Crippen MR) is 84.0 cm³/mol. The van der Waals surface area contributed by atoms with Gasteiger partial charge in [-0.15, -0.1) is 0 Å². The molecule has 2 nitrogen and oxygen atoms in total. The molecular formula is C15H14INO. The maximum atomic E-state index is 11.6. The van der Waals surface area contributed by atoms with E-state index in [2.05, 4.69) is 25.2 Å². The van der Waals surface area contributed by atoms with Crippen LogP contribution >= 0.6 is 22.6 Å². The Morgan fingerprint density at radius 2 is 1.67 bits per heavy atom. The Hall–Kier alpha value is -1.36. The Labute approximate surface area is 121 Å². The molecule has 92 valence electrons. The van der Waals surface area contributed by atoms with Crippen molar-refractivity contribution < 1.29 is 4.79 Å². The van der Waals surface area contributed by atoms with Gasteiger partial charge in [0.2, 0.25) is 3.79 Å². The zero-order valence-corrected chi connectivity index (χ0v) is 12.5. The van der Waals surface area contributed by atoms with Crippen LogP contribution in [0.5, 0.6) is 0 Å². The fourth-order valence-electron chi connectivity index (χ4n) is 1.80. The third-order valence-corrected chi connectivity index (χ3v) is 3.59. The first-order valence-electron chi connectivity index (χ1n) is 5.71. The summed E-state index contributed by atoms with van der Waals surface area (Å²) in [5, 5.41) is 3.34. The molecule has 0 radical (unpaired) electrons. The summed E-state index contributed by atoms with van der Waals surface area (Å²) < 4.78 is 0.0426. The lowest BCUT2D eigenvalue weighted by molar-refractivity contribution is 0.110. The van der Waals surface area contributed by atoms with Crippen LogP contribution in [0.2, 0.25) is 0 Å². The molecule has 0 aliphatic heterocycles. The van der Waals surface area contributed by atoms with Crippen LogP contribution in [0.1, 0.15) is 21.5 Å². The fraction of sp³-hybridized carbons (Fsp3) is 0.133. The highest BCUT2D eigenvalue weighted by atomic mass is 127. The molecule has 0 bridgehead atoms. The molecule has 2 aromatic rings. The molecule has 0 atom stereocenters. The Balaban J connectivity index is 2.40. The van der Waals surface area contributed by atoms with Crippen LogP contribution < -0.4 is 5.32 Å². The van der Waals surface area contributed by atoms with E-state index in [1.807, 2.05) is 59.0 Å². The Morgan fingerprint density at radius 1 is 1.00 bits per heavy atom. The van der Waals surface area contributed by atoms with Crippen molar-refractivity contribution in [2.24, 2.45) is 0 Å². The zero-order valence-electron chi connectivity index (χ0n) is 10.3. The predicted octanol–water partition coefficient (Wildman–Crippen LogP) is 4.62. The molecule has 0 aromatic heterocycles. The number of benzene rings is 2. The molecule has 0 spiro atoms. The smallest absolute Gasteiger partial charge is 0.224 e. The molecular weight excluding hydrogens is 337 g/mol. The van der Waals surface area contributed by atoms with Crippen molar-refractivity contribution in [1.82, 2.24) is 0 Å². The minimum absolute atomic E-state index is 0.0426. The highest BCUT2D eigenvalue weighted by Gasteiger charge is 2.08. The number of hydrogen-bond acceptors (Lipinski definition) is 2. The molecule has 2 aromatic carbocycles. The lowest BCUT2D eigenvalue weighted by Gasteiger charge is -2.13. The number of rotatable bonds is 3. The summed E-state index contributed by atoms with van der Waals surface area (Å²) in [6.07, 6.45) is 0. The molecule has 2 rings (SSSR count). The van der Waals surface area contributed by atoms with Gasteiger partial charge in [-0.3, -0.25) is 4.79 Å². The van der Waals surface area contributed by atoms with Crippen LogP contribution in [0, 0.1) is 13.8 Å². The number of aryl methyl sites for hydroxylation is 1. The van der Waals surface area contributed by atoms with Crippen molar-refractivity contribution >= 4 is 37.8 Å². The summed E-state index contributed by atoms with van der Waals surface area (Å²) in [5.74, 6) is 0. The number of carbonyl (C=O) groups excluding carboxylic acids is 1. The number of anilines is 2. The van der Waals surface area contributed by atoms with Crippen LogP contribution in [0.15, 0.2) is 42.5 Å². The number of halogens is 1. The quantitative estimate of drug-likeness (QED) is 0.646. The van der Waals surface area contributed by atoms with Crippen molar-refractivity contribution in [3.05, 3.63) is 59.2 Å². The number of nitrogens with one attached hydrogen (secondary N) is 1. The van der Waals surface area contributed by atoms with Crippen molar-refractivity contribution in [3.8, 4) is 0 Å². The normalized spacial score (nSPS) is 10.2. The van der Waals surface area contributed by atoms with Gasteiger partial charge >= 0.3 is 0 Å². The zero-order chi connectivity index (χ0) is 13.1. The Bertz CT molecular complexity index is 593. The molecule has 3 heteroatoms. The van der Waals surface area contributed by atoms with E-state index < -0.39 is 0 Å². The number of hydrogen-bond donors (Lipinski definition) is 1. The largest absolute Gasteiger partial charge is 0.355 e. The molecule has 18 heavy (non-hydrogen) atoms. The van der Waals surface area contributed by atoms with E-state index in [0.717, 1.165) is 11.4 Å². The topological polar surface area (TPSA) is 29.1 Å². The van der Waals surface area contributed by atoms with Crippen LogP contribution in [-0.4, -0.2) is 3.79 Å². The minimum Gasteiger partial charge on any atom is -0.355 e. The minimum atomic E-state index is 0.0426. The first-order chi connectivity index (χ1) is 8.59. The van der Waals surface area contributed by atoms with Crippen LogP contribution in [0.25, 0.3) is 0 Å². The molecule has 0 fully saturated rings. The molecule has 0 heterocycles. The SMILES string of the molecule is Cc1cccc(Nc2ccccc2C(=O)I)c1C. The lowest BCUT2D eigenvalue weighted by atomic mass is 10.1. The Morgan fingerprint density at radius 3 is 2.39 bits per heavy atom. The van der Waals surface area contributed by atoms with Gasteiger partial charge in [-0.1, -0.05) is 24.3 Å². The van der Waals surface area contributed by atoms with Gasteiger partial charge in [-0.05, 0) is 43.2 Å². The second-order valence-corrected chi connectivity index (χ2v) is 5.17. The van der Waals surface area contributed by atoms with Gasteiger partial charge in [0.25, 0.3) is 0 Å². The fourth-order valence-corrected chi connectivity index (χ4v) is 2.27. The molecule has 0 saturated heterocycles. The summed E-state index contributed by atoms with van der Waals surface area (Å²) in [6, 6.07) is 13.7. The average molecular weight is 351 g/mol. The van der Waals surface area contributed by atoms with E-state index in [4.69, 9.17) is 0 Å². The van der Waals surface area contributed by atoms with E-state index in [1.165, 1.54) is 11.1 Å². The maximum Gasteiger partial charge on any atom is 0.224 e. The summed E-state index contributed by atoms with van der Waals surface area (Å²) in [7, 11) is 0. The van der Waals surface area contributed by atoms with E-state index in [1.54, 1.807) is 0 Å². The molecule has 1 N–H and O–H groups in total. The third-order valence-electron chi connectivity index (χ3n) is 3.01. The highest BCUT2D eigenvalue weighted by Crippen LogP contribution is 2.26. The van der Waals surface area contributed by atoms with E-state index in [0.29, 0.717) is 5.56 Å². The molecule has 0 saturated carbocycles. The summed E-state index contributed by atoms with van der Waals surface area (Å²) in [6.45, 7) is 4.15. The third kappa shape index (κ3) is 2.72. The molecule has 0 aliphatic rings. The van der Waals surface area contributed by atoms with Crippen LogP contribution in [-0.2, 0) is 0 Å². The summed E-state index contributed by atoms with van der Waals surface area (Å²) in [5.41, 5.74) is 5.04. The van der Waals surface area contributed by atoms with Gasteiger partial charge in [-0.2, -0.15) is 0 Å². The van der Waals surface area contributed by atoms with Gasteiger partial charge in [0.05, 0.1) is 11.3 Å². The first-order valence-corrected chi connectivity index (χ1v) is 6.79. The van der Waals surface area contributed by atoms with E-state index >= 15 is 0 Å². The Kier molecular flexibility index (Phi) is 4.01. The first kappa shape index (κ1) is 13.1. The number of carbonyl (C=O) groups is 1. The molecule has 0 amide bonds. The number of para-hydroxylation sites is 1. The van der Waals surface area contributed by atoms with Gasteiger partial charge in [0, 0.05) is 28.3 Å². The van der Waals surface area contributed by atoms with Crippen molar-refractivity contribution in [3.63, 3.8) is 0 Å². The summed E-state index contributed by atoms with van der Waals surface area (Å²) in [4.78, 5) is 11.6. The standard InChI is InChI=1S/C15H14INO/c1-10-6-5-9-13(11(10)2)17-14-8-4-3-7-12(14)15(16)18/h3-9,17H,1-2H3. The average Bonchev–Trinajstić information content (AvgIpc) is 2.35. The van der Waals surface area contributed by atoms with Crippen molar-refractivity contribution in [2.75, 3.05) is 5.32 Å². The van der Waals surface area contributed by atoms with Gasteiger partial charge in [0.15, 0.2) is 0 Å². The molecule has 0 unspecified atom stereocenters. The van der Waals surface area contributed by atoms with Crippen molar-refractivity contribution in [1.29, 1.82) is 0 Å². The van der Waals surface area contributed by atoms with E-state index in [-0.39, 0.29) is 3.79 Å². The van der Waals surface area contributed by atoms with Crippen LogP contribution in [0.4, 0.5) is 11.4 Å². The van der Waals surface area contributed by atoms with Crippen molar-refractivity contribution in [2.45, 2.75) is 13.8 Å². The second kappa shape index (κ2) is 5.52. The lowest BCUT2D eigenvalue weighted by Crippen LogP contribution is -2.00. The summed E-state index contributed by atoms with van der Waals surface area (Å²) >= 11 is 1.81. The van der Waals surface area contributed by atoms with Gasteiger partial charge in [0.1, 0.15) is 0 Å². The highest BCUT2D eigenvalue weighted by molar-refractivity contribution is 14.1. The van der Waals surface area contributed by atoms with Gasteiger partial charge in [-0.25, -0.2) is 0 Å². The second-order valence-electron chi connectivity index (χ2n) is 4.19.